The largest absolute Gasteiger partial charge is 0.394 e. The van der Waals surface area contributed by atoms with Gasteiger partial charge in [-0.1, -0.05) is 0 Å². The summed E-state index contributed by atoms with van der Waals surface area (Å²) in [6, 6.07) is 0. The Morgan fingerprint density at radius 3 is 0.557 bits per heavy atom. The van der Waals surface area contributed by atoms with Gasteiger partial charge in [-0.05, 0) is 13.8 Å². The molecule has 0 aromatic carbocycles. The second-order valence-corrected chi connectivity index (χ2v) is 25.3. The SMILES string of the molecule is C[C@@H]1O[C@@H](OC[C@H]2O[C@@H]3O[C@H]4[C@H](O)[C@@H](O)[C@@H](O[C@H]5[C@H](O)[C@@H](O)[C@@H](O[C@H]6[C@H](O)[C@@H](O)[C@@H](O[C@H]7[C@H](O)[C@@H](O)[C@@H](O[C@H]8[C@H](O)[C@@H](O)[C@@H](O[C@H]9[C@H](O)[C@@H](O)[C@@H](O[C@H]2[C@H](O)[C@H]3O)O[C@@H]9CO)O[C@@H]8CO)O[C@@H]7CO)O[C@@H]6CO[C@@H]2O[C@@H](C)[C@@H](O)[C@@H](O)[C@@H]2O)O[C@@H]5CO)O[C@@H]4CO)[C@@H](O)[C@H](O)[C@@H]1O. The fourth-order valence-electron chi connectivity index (χ4n) is 13.1. The zero-order valence-corrected chi connectivity index (χ0v) is 51.5. The molecule has 0 aliphatic carbocycles. The van der Waals surface area contributed by atoms with Gasteiger partial charge in [-0.25, -0.2) is 0 Å². The van der Waals surface area contributed by atoms with Gasteiger partial charge >= 0.3 is 0 Å². The van der Waals surface area contributed by atoms with Crippen molar-refractivity contribution in [3.8, 4) is 0 Å². The van der Waals surface area contributed by atoms with Crippen LogP contribution in [0.3, 0.4) is 0 Å². The van der Waals surface area contributed by atoms with Crippen molar-refractivity contribution in [1.29, 1.82) is 0 Å². The van der Waals surface area contributed by atoms with Crippen LogP contribution < -0.4 is 0 Å². The summed E-state index contributed by atoms with van der Waals surface area (Å²) in [5.41, 5.74) is 0. The highest BCUT2D eigenvalue weighted by Crippen LogP contribution is 2.40. The van der Waals surface area contributed by atoms with Crippen LogP contribution in [0.1, 0.15) is 13.8 Å². The second-order valence-electron chi connectivity index (χ2n) is 25.3. The topological polar surface area (TPSA) is 672 Å². The molecule has 43 nitrogen and oxygen atoms in total. The lowest BCUT2D eigenvalue weighted by molar-refractivity contribution is -0.399. The summed E-state index contributed by atoms with van der Waals surface area (Å²) in [6.45, 7) is -4.93. The van der Waals surface area contributed by atoms with E-state index in [1.165, 1.54) is 13.8 Å². The van der Waals surface area contributed by atoms with Gasteiger partial charge in [0.1, 0.15) is 208 Å². The molecule has 14 bridgehead atoms. The van der Waals surface area contributed by atoms with Crippen molar-refractivity contribution >= 4 is 0 Å². The Hall–Kier alpha value is -1.72. The smallest absolute Gasteiger partial charge is 0.187 e. The van der Waals surface area contributed by atoms with Gasteiger partial charge in [-0.3, -0.25) is 0 Å². The van der Waals surface area contributed by atoms with Crippen LogP contribution in [-0.4, -0.2) is 450 Å². The molecule has 23 fully saturated rings. The first-order chi connectivity index (χ1) is 46.0. The van der Waals surface area contributed by atoms with E-state index in [1.807, 2.05) is 0 Å². The maximum Gasteiger partial charge on any atom is 0.187 e. The maximum absolute atomic E-state index is 11.9. The summed E-state index contributed by atoms with van der Waals surface area (Å²) in [5, 5.41) is 280. The zero-order chi connectivity index (χ0) is 70.7. The van der Waals surface area contributed by atoms with Crippen LogP contribution in [0.15, 0.2) is 0 Å². The molecular weight excluding hydrogens is 1340 g/mol. The van der Waals surface area contributed by atoms with Crippen LogP contribution >= 0.6 is 0 Å². The third kappa shape index (κ3) is 15.7. The van der Waals surface area contributed by atoms with Crippen molar-refractivity contribution in [3.63, 3.8) is 0 Å². The highest BCUT2D eigenvalue weighted by molar-refractivity contribution is 5.03. The third-order valence-electron chi connectivity index (χ3n) is 18.9. The van der Waals surface area contributed by atoms with Crippen molar-refractivity contribution in [2.24, 2.45) is 0 Å². The molecule has 23 aliphatic rings. The Kier molecular flexibility index (Phi) is 26.3. The molecule has 23 aliphatic heterocycles. The van der Waals surface area contributed by atoms with Crippen LogP contribution in [0.25, 0.3) is 0 Å². The number of ether oxygens (including phenoxy) is 18. The van der Waals surface area contributed by atoms with E-state index in [0.717, 1.165) is 0 Å². The summed E-state index contributed by atoms with van der Waals surface area (Å²) >= 11 is 0. The molecule has 0 unspecified atom stereocenters. The lowest BCUT2D eigenvalue weighted by atomic mass is 9.95. The lowest BCUT2D eigenvalue weighted by Gasteiger charge is -2.50. The number of rotatable bonds is 11. The minimum Gasteiger partial charge on any atom is -0.394 e. The average molecular weight is 1430 g/mol. The molecule has 0 radical (unpaired) electrons. The Balaban J connectivity index is 0.962. The Morgan fingerprint density at radius 1 is 0.196 bits per heavy atom. The van der Waals surface area contributed by atoms with Gasteiger partial charge in [0, 0.05) is 0 Å². The normalized spacial score (nSPS) is 56.0. The predicted octanol–water partition coefficient (Wildman–Crippen LogP) is -17.5. The van der Waals surface area contributed by atoms with Crippen molar-refractivity contribution in [1.82, 2.24) is 0 Å². The molecule has 25 N–H and O–H groups in total. The highest BCUT2D eigenvalue weighted by atomic mass is 16.8. The number of hydrogen-bond acceptors (Lipinski definition) is 43. The lowest BCUT2D eigenvalue weighted by Crippen LogP contribution is -2.68. The van der Waals surface area contributed by atoms with E-state index < -0.39 is 323 Å². The quantitative estimate of drug-likeness (QED) is 0.0913. The monoisotopic (exact) mass is 1430 g/mol. The van der Waals surface area contributed by atoms with E-state index in [0.29, 0.717) is 0 Å². The van der Waals surface area contributed by atoms with Gasteiger partial charge in [0.05, 0.1) is 58.5 Å². The van der Waals surface area contributed by atoms with Crippen LogP contribution in [0.2, 0.25) is 0 Å². The number of hydrogen-bond donors (Lipinski definition) is 25. The fraction of sp³-hybridized carbons (Fsp3) is 1.00. The van der Waals surface area contributed by atoms with Crippen LogP contribution in [0.5, 0.6) is 0 Å². The summed E-state index contributed by atoms with van der Waals surface area (Å²) in [5.74, 6) is 0. The van der Waals surface area contributed by atoms with Crippen molar-refractivity contribution in [2.75, 3.05) is 46.2 Å². The summed E-state index contributed by atoms with van der Waals surface area (Å²) in [7, 11) is 0. The molecule has 23 saturated heterocycles. The van der Waals surface area contributed by atoms with Crippen LogP contribution in [0.4, 0.5) is 0 Å². The van der Waals surface area contributed by atoms with Gasteiger partial charge in [0.25, 0.3) is 0 Å². The van der Waals surface area contributed by atoms with Crippen LogP contribution in [0, 0.1) is 0 Å². The van der Waals surface area contributed by atoms with Gasteiger partial charge in [-0.15, -0.1) is 0 Å². The molecule has 23 rings (SSSR count). The molecule has 0 amide bonds. The summed E-state index contributed by atoms with van der Waals surface area (Å²) < 4.78 is 104. The first kappa shape index (κ1) is 77.9. The molecule has 23 heterocycles. The first-order valence-electron chi connectivity index (χ1n) is 31.3. The Labute approximate surface area is 548 Å². The van der Waals surface area contributed by atoms with Gasteiger partial charge in [0.2, 0.25) is 0 Å². The second kappa shape index (κ2) is 32.7. The zero-order valence-electron chi connectivity index (χ0n) is 51.5. The summed E-state index contributed by atoms with van der Waals surface area (Å²) in [4.78, 5) is 0. The van der Waals surface area contributed by atoms with Crippen LogP contribution in [-0.2, 0) is 85.3 Å². The van der Waals surface area contributed by atoms with Gasteiger partial charge in [-0.2, -0.15) is 0 Å². The third-order valence-corrected chi connectivity index (χ3v) is 18.9. The minimum atomic E-state index is -2.35. The Morgan fingerprint density at radius 2 is 0.371 bits per heavy atom. The van der Waals surface area contributed by atoms with E-state index in [1.54, 1.807) is 0 Å². The standard InChI is InChI=1S/C54H90O43/c1-10-19(60)21(62)30(71)46(82-10)80-8-17-44-29(70)38(79)54(90-17)95-43-16(7-59)86-50(34(75)25(43)66)93-41-14(5-57)88-52(36(77)27(41)68)97-45-18(9-81-47-31(72)22(63)20(61)11(2)83-47)89-53(37(78)28(45)69)94-42-15(6-58)85-49(33(74)24(42)65)91-39-12(3-55)84-48(32(73)23(39)64)92-40-13(4-56)87-51(96-44)35(76)26(40)67/h10-79H,3-9H2,1-2H3/t10-,11-,12+,13+,14+,15+,16+,17+,18+,19+,20+,21+,22+,23+,24+,25+,26+,27+,28+,29+,30-,31-,32+,33+,34+,35+,36+,37+,38+,39+,40+,41+,42+,43+,44+,45+,46+,47+,48+,49+,50+,51+,52+,53+,54+/m0/s1. The molecule has 0 spiro atoms. The van der Waals surface area contributed by atoms with Crippen molar-refractivity contribution in [3.05, 3.63) is 0 Å². The average Bonchev–Trinajstić information content (AvgIpc) is 0.784. The minimum absolute atomic E-state index is 0.933. The highest BCUT2D eigenvalue weighted by Gasteiger charge is 2.61. The molecule has 564 valence electrons. The molecule has 0 aromatic heterocycles. The van der Waals surface area contributed by atoms with Crippen molar-refractivity contribution in [2.45, 2.75) is 290 Å². The molecule has 0 aromatic rings. The molecule has 43 heteroatoms. The number of aliphatic hydroxyl groups is 25. The van der Waals surface area contributed by atoms with Gasteiger partial charge < -0.3 is 213 Å². The van der Waals surface area contributed by atoms with Gasteiger partial charge in [0.15, 0.2) is 56.6 Å². The molecule has 45 atom stereocenters. The van der Waals surface area contributed by atoms with E-state index in [2.05, 4.69) is 0 Å². The Bertz CT molecular complexity index is 2390. The summed E-state index contributed by atoms with van der Waals surface area (Å²) in [6.07, 6.45) is -91.6. The molecule has 97 heavy (non-hydrogen) atoms. The number of aliphatic hydroxyl groups excluding tert-OH is 25. The molecule has 0 saturated carbocycles. The fourth-order valence-corrected chi connectivity index (χ4v) is 13.1. The van der Waals surface area contributed by atoms with Crippen molar-refractivity contribution < 1.29 is 213 Å². The van der Waals surface area contributed by atoms with E-state index >= 15 is 0 Å². The van der Waals surface area contributed by atoms with E-state index in [9.17, 15) is 128 Å². The predicted molar refractivity (Wildman–Crippen MR) is 291 cm³/mol. The van der Waals surface area contributed by atoms with E-state index in [-0.39, 0.29) is 0 Å². The first-order valence-corrected chi connectivity index (χ1v) is 31.3. The van der Waals surface area contributed by atoms with E-state index in [4.69, 9.17) is 85.3 Å². The molecular formula is C54H90O43. The maximum atomic E-state index is 11.9.